The van der Waals surface area contributed by atoms with E-state index in [-0.39, 0.29) is 0 Å². The van der Waals surface area contributed by atoms with Crippen LogP contribution in [-0.2, 0) is 0 Å². The lowest BCUT2D eigenvalue weighted by molar-refractivity contribution is 0.555. The first-order valence-corrected chi connectivity index (χ1v) is 4.62. The van der Waals surface area contributed by atoms with Crippen LogP contribution >= 0.6 is 0 Å². The van der Waals surface area contributed by atoms with Crippen LogP contribution in [0.25, 0.3) is 0 Å². The number of likely N-dealkylation sites (N-methyl/N-ethyl adjacent to an activating group) is 1. The smallest absolute Gasteiger partial charge is 0.0280 e. The Morgan fingerprint density at radius 3 is 2.55 bits per heavy atom. The molecule has 1 unspecified atom stereocenters. The quantitative estimate of drug-likeness (QED) is 0.611. The molecule has 0 heterocycles. The van der Waals surface area contributed by atoms with Crippen molar-refractivity contribution in [3.63, 3.8) is 0 Å². The van der Waals surface area contributed by atoms with Crippen molar-refractivity contribution in [1.29, 1.82) is 0 Å². The van der Waals surface area contributed by atoms with E-state index in [1.165, 1.54) is 18.4 Å². The highest BCUT2D eigenvalue weighted by molar-refractivity contribution is 5.06. The van der Waals surface area contributed by atoms with Crippen LogP contribution in [0.15, 0.2) is 11.6 Å². The highest BCUT2D eigenvalue weighted by Crippen LogP contribution is 2.33. The molecule has 1 fully saturated rings. The van der Waals surface area contributed by atoms with Gasteiger partial charge in [-0.25, -0.2) is 0 Å². The minimum atomic E-state index is 0.657. The molecule has 1 rings (SSSR count). The Morgan fingerprint density at radius 1 is 1.55 bits per heavy atom. The van der Waals surface area contributed by atoms with E-state index in [0.717, 1.165) is 12.5 Å². The summed E-state index contributed by atoms with van der Waals surface area (Å²) in [5.74, 6) is 0.935. The summed E-state index contributed by atoms with van der Waals surface area (Å²) in [4.78, 5) is 0. The van der Waals surface area contributed by atoms with E-state index in [2.05, 4.69) is 32.2 Å². The molecule has 0 aromatic heterocycles. The molecule has 1 saturated carbocycles. The highest BCUT2D eigenvalue weighted by Gasteiger charge is 2.28. The van der Waals surface area contributed by atoms with E-state index in [9.17, 15) is 0 Å². The molecular weight excluding hydrogens is 134 g/mol. The molecule has 0 radical (unpaired) electrons. The number of hydrogen-bond acceptors (Lipinski definition) is 1. The normalized spacial score (nSPS) is 19.5. The summed E-state index contributed by atoms with van der Waals surface area (Å²) in [6.07, 6.45) is 5.20. The fraction of sp³-hybridized carbons (Fsp3) is 0.800. The largest absolute Gasteiger partial charge is 0.311 e. The third-order valence-corrected chi connectivity index (χ3v) is 2.08. The predicted molar refractivity (Wildman–Crippen MR) is 49.6 cm³/mol. The highest BCUT2D eigenvalue weighted by atomic mass is 14.9. The van der Waals surface area contributed by atoms with E-state index in [4.69, 9.17) is 0 Å². The van der Waals surface area contributed by atoms with Gasteiger partial charge in [0, 0.05) is 6.04 Å². The number of rotatable bonds is 4. The lowest BCUT2D eigenvalue weighted by atomic mass is 10.1. The van der Waals surface area contributed by atoms with Crippen molar-refractivity contribution >= 4 is 0 Å². The van der Waals surface area contributed by atoms with Gasteiger partial charge in [-0.05, 0) is 39.2 Å². The van der Waals surface area contributed by atoms with Gasteiger partial charge in [0.15, 0.2) is 0 Å². The molecule has 64 valence electrons. The maximum atomic E-state index is 3.50. The minimum absolute atomic E-state index is 0.657. The number of allylic oxidation sites excluding steroid dienone is 1. The van der Waals surface area contributed by atoms with Gasteiger partial charge in [0.05, 0.1) is 0 Å². The minimum Gasteiger partial charge on any atom is -0.311 e. The molecule has 1 heteroatoms. The molecule has 0 spiro atoms. The zero-order valence-electron chi connectivity index (χ0n) is 7.85. The zero-order chi connectivity index (χ0) is 8.27. The first-order valence-electron chi connectivity index (χ1n) is 4.62. The van der Waals surface area contributed by atoms with Crippen molar-refractivity contribution < 1.29 is 0 Å². The summed E-state index contributed by atoms with van der Waals surface area (Å²) < 4.78 is 0. The molecule has 0 aromatic rings. The fourth-order valence-corrected chi connectivity index (χ4v) is 1.41. The lowest BCUT2D eigenvalue weighted by Gasteiger charge is -2.12. The maximum Gasteiger partial charge on any atom is 0.0280 e. The molecule has 1 aliphatic rings. The second kappa shape index (κ2) is 3.91. The molecule has 1 aliphatic carbocycles. The number of nitrogens with one attached hydrogen (secondary N) is 1. The molecular formula is C10H19N. The summed E-state index contributed by atoms with van der Waals surface area (Å²) in [5, 5.41) is 3.50. The van der Waals surface area contributed by atoms with Crippen LogP contribution in [0.1, 0.15) is 33.6 Å². The zero-order valence-corrected chi connectivity index (χ0v) is 7.85. The predicted octanol–water partition coefficient (Wildman–Crippen LogP) is 2.34. The standard InChI is InChI=1S/C10H19N/c1-4-11-10(7-8(2)3)9-5-6-9/h7,9-11H,4-6H2,1-3H3. The molecule has 1 atom stereocenters. The molecule has 0 bridgehead atoms. The third kappa shape index (κ3) is 3.06. The van der Waals surface area contributed by atoms with Gasteiger partial charge in [-0.1, -0.05) is 18.6 Å². The van der Waals surface area contributed by atoms with Crippen molar-refractivity contribution in [3.05, 3.63) is 11.6 Å². The SMILES string of the molecule is CCNC(C=C(C)C)C1CC1. The molecule has 0 amide bonds. The molecule has 0 aliphatic heterocycles. The second-order valence-electron chi connectivity index (χ2n) is 3.66. The van der Waals surface area contributed by atoms with Crippen LogP contribution in [0.3, 0.4) is 0 Å². The van der Waals surface area contributed by atoms with Gasteiger partial charge < -0.3 is 5.32 Å². The number of hydrogen-bond donors (Lipinski definition) is 1. The monoisotopic (exact) mass is 153 g/mol. The van der Waals surface area contributed by atoms with E-state index >= 15 is 0 Å². The van der Waals surface area contributed by atoms with E-state index in [1.54, 1.807) is 0 Å². The van der Waals surface area contributed by atoms with Gasteiger partial charge >= 0.3 is 0 Å². The Kier molecular flexibility index (Phi) is 3.13. The van der Waals surface area contributed by atoms with Gasteiger partial charge in [-0.2, -0.15) is 0 Å². The van der Waals surface area contributed by atoms with Crippen molar-refractivity contribution in [2.24, 2.45) is 5.92 Å². The molecule has 1 N–H and O–H groups in total. The van der Waals surface area contributed by atoms with Gasteiger partial charge in [0.25, 0.3) is 0 Å². The van der Waals surface area contributed by atoms with Crippen molar-refractivity contribution in [1.82, 2.24) is 5.32 Å². The average molecular weight is 153 g/mol. The van der Waals surface area contributed by atoms with Crippen LogP contribution in [0.2, 0.25) is 0 Å². The van der Waals surface area contributed by atoms with E-state index < -0.39 is 0 Å². The van der Waals surface area contributed by atoms with Crippen LogP contribution < -0.4 is 5.32 Å². The first kappa shape index (κ1) is 8.79. The lowest BCUT2D eigenvalue weighted by Crippen LogP contribution is -2.28. The Labute approximate surface area is 69.9 Å². The molecule has 1 nitrogen and oxygen atoms in total. The Bertz CT molecular complexity index is 141. The van der Waals surface area contributed by atoms with E-state index in [1.807, 2.05) is 0 Å². The van der Waals surface area contributed by atoms with Gasteiger partial charge in [0.1, 0.15) is 0 Å². The van der Waals surface area contributed by atoms with Crippen molar-refractivity contribution in [3.8, 4) is 0 Å². The van der Waals surface area contributed by atoms with Crippen LogP contribution in [-0.4, -0.2) is 12.6 Å². The summed E-state index contributed by atoms with van der Waals surface area (Å²) in [5.41, 5.74) is 1.43. The summed E-state index contributed by atoms with van der Waals surface area (Å²) in [6, 6.07) is 0.657. The van der Waals surface area contributed by atoms with Gasteiger partial charge in [0.2, 0.25) is 0 Å². The average Bonchev–Trinajstić information content (AvgIpc) is 2.66. The molecule has 0 aromatic carbocycles. The summed E-state index contributed by atoms with van der Waals surface area (Å²) in [6.45, 7) is 7.61. The molecule has 11 heavy (non-hydrogen) atoms. The second-order valence-corrected chi connectivity index (χ2v) is 3.66. The Hall–Kier alpha value is -0.300. The Morgan fingerprint density at radius 2 is 2.18 bits per heavy atom. The maximum absolute atomic E-state index is 3.50. The first-order chi connectivity index (χ1) is 5.24. The van der Waals surface area contributed by atoms with Crippen LogP contribution in [0, 0.1) is 5.92 Å². The third-order valence-electron chi connectivity index (χ3n) is 2.08. The van der Waals surface area contributed by atoms with Crippen LogP contribution in [0.4, 0.5) is 0 Å². The topological polar surface area (TPSA) is 12.0 Å². The molecule has 0 saturated heterocycles. The fourth-order valence-electron chi connectivity index (χ4n) is 1.41. The summed E-state index contributed by atoms with van der Waals surface area (Å²) in [7, 11) is 0. The summed E-state index contributed by atoms with van der Waals surface area (Å²) >= 11 is 0. The van der Waals surface area contributed by atoms with Crippen molar-refractivity contribution in [2.45, 2.75) is 39.7 Å². The van der Waals surface area contributed by atoms with Crippen LogP contribution in [0.5, 0.6) is 0 Å². The van der Waals surface area contributed by atoms with E-state index in [0.29, 0.717) is 6.04 Å². The Balaban J connectivity index is 2.38. The van der Waals surface area contributed by atoms with Crippen molar-refractivity contribution in [2.75, 3.05) is 6.54 Å². The van der Waals surface area contributed by atoms with Gasteiger partial charge in [-0.15, -0.1) is 0 Å². The van der Waals surface area contributed by atoms with Gasteiger partial charge in [-0.3, -0.25) is 0 Å².